The number of hydrogen-bond acceptors (Lipinski definition) is 4. The predicted octanol–water partition coefficient (Wildman–Crippen LogP) is 0.344. The second-order valence-corrected chi connectivity index (χ2v) is 5.76. The van der Waals surface area contributed by atoms with Gasteiger partial charge >= 0.3 is 0 Å². The van der Waals surface area contributed by atoms with Gasteiger partial charge in [-0.15, -0.1) is 0 Å². The number of nitrogens with one attached hydrogen (secondary N) is 1. The summed E-state index contributed by atoms with van der Waals surface area (Å²) in [4.78, 5) is 14.8. The lowest BCUT2D eigenvalue weighted by Crippen LogP contribution is -2.49. The Morgan fingerprint density at radius 3 is 2.58 bits per heavy atom. The Hall–Kier alpha value is -0.650. The molecule has 0 aromatic heterocycles. The highest BCUT2D eigenvalue weighted by Gasteiger charge is 2.38. The van der Waals surface area contributed by atoms with E-state index in [0.29, 0.717) is 19.8 Å². The molecule has 2 heterocycles. The molecule has 2 aliphatic heterocycles. The number of nitrogens with zero attached hydrogens (tertiary/aromatic N) is 1. The molecule has 5 nitrogen and oxygen atoms in total. The third-order valence-electron chi connectivity index (χ3n) is 4.46. The van der Waals surface area contributed by atoms with Gasteiger partial charge in [-0.2, -0.15) is 0 Å². The molecule has 0 spiro atoms. The summed E-state index contributed by atoms with van der Waals surface area (Å²) in [5.41, 5.74) is 5.44. The van der Waals surface area contributed by atoms with Gasteiger partial charge in [-0.1, -0.05) is 0 Å². The van der Waals surface area contributed by atoms with E-state index in [9.17, 15) is 4.79 Å². The highest BCUT2D eigenvalue weighted by Crippen LogP contribution is 2.29. The molecule has 110 valence electrons. The zero-order chi connectivity index (χ0) is 13.6. The molecule has 2 fully saturated rings. The van der Waals surface area contributed by atoms with Crippen molar-refractivity contribution in [3.05, 3.63) is 0 Å². The number of rotatable bonds is 6. The highest BCUT2D eigenvalue weighted by atomic mass is 16.5. The number of carbonyl (C=O) groups is 1. The zero-order valence-electron chi connectivity index (χ0n) is 11.8. The lowest BCUT2D eigenvalue weighted by atomic mass is 9.79. The van der Waals surface area contributed by atoms with Gasteiger partial charge in [0.15, 0.2) is 0 Å². The third-order valence-corrected chi connectivity index (χ3v) is 4.46. The van der Waals surface area contributed by atoms with Crippen LogP contribution in [0.2, 0.25) is 0 Å². The van der Waals surface area contributed by atoms with Crippen molar-refractivity contribution in [3.8, 4) is 0 Å². The smallest absolute Gasteiger partial charge is 0.227 e. The first kappa shape index (κ1) is 14.8. The Balaban J connectivity index is 1.67. The summed E-state index contributed by atoms with van der Waals surface area (Å²) < 4.78 is 5.33. The highest BCUT2D eigenvalue weighted by molar-refractivity contribution is 5.83. The number of likely N-dealkylation sites (tertiary alicyclic amines) is 1. The first-order chi connectivity index (χ1) is 9.27. The van der Waals surface area contributed by atoms with Gasteiger partial charge in [0.2, 0.25) is 5.91 Å². The standard InChI is InChI=1S/C14H27N3O2/c15-12-14(4-10-19-11-5-14)13(18)16-6-3-9-17-7-1-2-8-17/h1-12,15H2,(H,16,18). The van der Waals surface area contributed by atoms with Crippen molar-refractivity contribution in [1.82, 2.24) is 10.2 Å². The Kier molecular flexibility index (Phi) is 5.60. The first-order valence-corrected chi connectivity index (χ1v) is 7.55. The molecule has 0 saturated carbocycles. The van der Waals surface area contributed by atoms with Crippen molar-refractivity contribution in [3.63, 3.8) is 0 Å². The molecule has 0 atom stereocenters. The topological polar surface area (TPSA) is 67.6 Å². The molecule has 2 rings (SSSR count). The summed E-state index contributed by atoms with van der Waals surface area (Å²) >= 11 is 0. The zero-order valence-corrected chi connectivity index (χ0v) is 11.8. The van der Waals surface area contributed by atoms with E-state index in [1.807, 2.05) is 0 Å². The van der Waals surface area contributed by atoms with Crippen LogP contribution in [0.25, 0.3) is 0 Å². The molecule has 0 bridgehead atoms. The van der Waals surface area contributed by atoms with Crippen molar-refractivity contribution in [2.45, 2.75) is 32.1 Å². The lowest BCUT2D eigenvalue weighted by molar-refractivity contribution is -0.135. The fourth-order valence-electron chi connectivity index (χ4n) is 2.98. The van der Waals surface area contributed by atoms with E-state index in [0.717, 1.165) is 32.4 Å². The van der Waals surface area contributed by atoms with Gasteiger partial charge in [0.1, 0.15) is 0 Å². The number of nitrogens with two attached hydrogens (primary N) is 1. The second kappa shape index (κ2) is 7.22. The van der Waals surface area contributed by atoms with Crippen LogP contribution in [0.4, 0.5) is 0 Å². The average molecular weight is 269 g/mol. The molecular weight excluding hydrogens is 242 g/mol. The number of hydrogen-bond donors (Lipinski definition) is 2. The number of carbonyl (C=O) groups excluding carboxylic acids is 1. The molecule has 2 saturated heterocycles. The summed E-state index contributed by atoms with van der Waals surface area (Å²) in [7, 11) is 0. The molecule has 0 unspecified atom stereocenters. The molecule has 0 aromatic carbocycles. The van der Waals surface area contributed by atoms with Crippen LogP contribution >= 0.6 is 0 Å². The van der Waals surface area contributed by atoms with Crippen molar-refractivity contribution in [1.29, 1.82) is 0 Å². The summed E-state index contributed by atoms with van der Waals surface area (Å²) in [6.07, 6.45) is 5.18. The number of ether oxygens (including phenoxy) is 1. The molecule has 3 N–H and O–H groups in total. The lowest BCUT2D eigenvalue weighted by Gasteiger charge is -2.34. The minimum atomic E-state index is -0.383. The summed E-state index contributed by atoms with van der Waals surface area (Å²) in [6, 6.07) is 0. The van der Waals surface area contributed by atoms with Gasteiger partial charge in [0.25, 0.3) is 0 Å². The Morgan fingerprint density at radius 2 is 1.95 bits per heavy atom. The van der Waals surface area contributed by atoms with Crippen LogP contribution in [0.5, 0.6) is 0 Å². The quantitative estimate of drug-likeness (QED) is 0.683. The summed E-state index contributed by atoms with van der Waals surface area (Å²) in [6.45, 7) is 6.03. The summed E-state index contributed by atoms with van der Waals surface area (Å²) in [5, 5.41) is 3.07. The third kappa shape index (κ3) is 3.91. The minimum absolute atomic E-state index is 0.125. The van der Waals surface area contributed by atoms with E-state index in [2.05, 4.69) is 10.2 Å². The SMILES string of the molecule is NCC1(C(=O)NCCCN2CCCC2)CCOCC1. The van der Waals surface area contributed by atoms with Gasteiger partial charge in [0, 0.05) is 26.3 Å². The fourth-order valence-corrected chi connectivity index (χ4v) is 2.98. The van der Waals surface area contributed by atoms with E-state index >= 15 is 0 Å². The van der Waals surface area contributed by atoms with Crippen LogP contribution in [0.1, 0.15) is 32.1 Å². The van der Waals surface area contributed by atoms with Crippen LogP contribution in [0.15, 0.2) is 0 Å². The van der Waals surface area contributed by atoms with Crippen LogP contribution in [-0.4, -0.2) is 56.7 Å². The maximum atomic E-state index is 12.3. The van der Waals surface area contributed by atoms with E-state index < -0.39 is 0 Å². The Labute approximate surface area is 115 Å². The van der Waals surface area contributed by atoms with E-state index in [1.165, 1.54) is 25.9 Å². The van der Waals surface area contributed by atoms with E-state index in [-0.39, 0.29) is 11.3 Å². The van der Waals surface area contributed by atoms with Gasteiger partial charge in [-0.3, -0.25) is 4.79 Å². The molecule has 0 radical (unpaired) electrons. The molecule has 2 aliphatic rings. The van der Waals surface area contributed by atoms with Gasteiger partial charge in [0.05, 0.1) is 5.41 Å². The van der Waals surface area contributed by atoms with Gasteiger partial charge in [-0.05, 0) is 51.7 Å². The summed E-state index contributed by atoms with van der Waals surface area (Å²) in [5.74, 6) is 0.125. The van der Waals surface area contributed by atoms with Crippen LogP contribution in [0, 0.1) is 5.41 Å². The van der Waals surface area contributed by atoms with Crippen molar-refractivity contribution in [2.24, 2.45) is 11.1 Å². The van der Waals surface area contributed by atoms with Gasteiger partial charge < -0.3 is 20.7 Å². The van der Waals surface area contributed by atoms with Gasteiger partial charge in [-0.25, -0.2) is 0 Å². The predicted molar refractivity (Wildman–Crippen MR) is 74.8 cm³/mol. The van der Waals surface area contributed by atoms with Crippen LogP contribution in [-0.2, 0) is 9.53 Å². The largest absolute Gasteiger partial charge is 0.381 e. The normalized spacial score (nSPS) is 23.4. The van der Waals surface area contributed by atoms with Crippen molar-refractivity contribution in [2.75, 3.05) is 45.9 Å². The van der Waals surface area contributed by atoms with E-state index in [1.54, 1.807) is 0 Å². The molecule has 0 aliphatic carbocycles. The van der Waals surface area contributed by atoms with E-state index in [4.69, 9.17) is 10.5 Å². The second-order valence-electron chi connectivity index (χ2n) is 5.76. The average Bonchev–Trinajstić information content (AvgIpc) is 2.97. The molecule has 0 aromatic rings. The maximum Gasteiger partial charge on any atom is 0.227 e. The number of amides is 1. The molecule has 19 heavy (non-hydrogen) atoms. The molecule has 1 amide bonds. The van der Waals surface area contributed by atoms with Crippen LogP contribution in [0.3, 0.4) is 0 Å². The monoisotopic (exact) mass is 269 g/mol. The van der Waals surface area contributed by atoms with Crippen molar-refractivity contribution >= 4 is 5.91 Å². The van der Waals surface area contributed by atoms with Crippen LogP contribution < -0.4 is 11.1 Å². The molecular formula is C14H27N3O2. The fraction of sp³-hybridized carbons (Fsp3) is 0.929. The maximum absolute atomic E-state index is 12.3. The molecule has 5 heteroatoms. The Bertz CT molecular complexity index is 284. The first-order valence-electron chi connectivity index (χ1n) is 7.55. The van der Waals surface area contributed by atoms with Crippen molar-refractivity contribution < 1.29 is 9.53 Å². The Morgan fingerprint density at radius 1 is 1.26 bits per heavy atom. The minimum Gasteiger partial charge on any atom is -0.381 e.